The lowest BCUT2D eigenvalue weighted by Crippen LogP contribution is -2.29. The Morgan fingerprint density at radius 3 is 2.88 bits per heavy atom. The Balaban J connectivity index is 1.84. The zero-order valence-electron chi connectivity index (χ0n) is 9.69. The van der Waals surface area contributed by atoms with Crippen LogP contribution in [0.5, 0.6) is 11.5 Å². The first-order valence-electron chi connectivity index (χ1n) is 5.94. The Kier molecular flexibility index (Phi) is 3.98. The van der Waals surface area contributed by atoms with Gasteiger partial charge in [-0.05, 0) is 44.0 Å². The van der Waals surface area contributed by atoms with Gasteiger partial charge in [-0.15, -0.1) is 0 Å². The van der Waals surface area contributed by atoms with Crippen molar-refractivity contribution in [2.24, 2.45) is 5.92 Å². The van der Waals surface area contributed by atoms with Crippen LogP contribution in [0, 0.1) is 5.92 Å². The molecule has 4 heteroatoms. The highest BCUT2D eigenvalue weighted by Crippen LogP contribution is 2.20. The maximum atomic E-state index is 11.7. The third kappa shape index (κ3) is 3.75. The smallest absolute Gasteiger partial charge is 0.311 e. The molecule has 1 aliphatic heterocycles. The van der Waals surface area contributed by atoms with E-state index in [0.29, 0.717) is 18.1 Å². The van der Waals surface area contributed by atoms with Crippen LogP contribution in [0.15, 0.2) is 24.3 Å². The van der Waals surface area contributed by atoms with Crippen LogP contribution in [0.4, 0.5) is 0 Å². The fraction of sp³-hybridized carbons (Fsp3) is 0.462. The van der Waals surface area contributed by atoms with Crippen molar-refractivity contribution in [1.29, 1.82) is 0 Å². The van der Waals surface area contributed by atoms with E-state index in [1.807, 2.05) is 0 Å². The number of phenolic OH excluding ortho intramolecular Hbond substituents is 1. The van der Waals surface area contributed by atoms with Crippen LogP contribution < -0.4 is 10.1 Å². The van der Waals surface area contributed by atoms with E-state index in [2.05, 4.69) is 5.32 Å². The predicted molar refractivity (Wildman–Crippen MR) is 64.0 cm³/mol. The van der Waals surface area contributed by atoms with Crippen LogP contribution in [-0.4, -0.2) is 24.2 Å². The van der Waals surface area contributed by atoms with Crippen molar-refractivity contribution < 1.29 is 14.6 Å². The number of nitrogens with one attached hydrogen (secondary N) is 1. The number of phenols is 1. The fourth-order valence-electron chi connectivity index (χ4n) is 2.04. The number of ether oxygens (including phenoxy) is 1. The van der Waals surface area contributed by atoms with Crippen LogP contribution >= 0.6 is 0 Å². The molecule has 1 heterocycles. The number of piperidine rings is 1. The first kappa shape index (κ1) is 11.9. The Hall–Kier alpha value is -1.55. The molecule has 0 aliphatic carbocycles. The molecule has 4 nitrogen and oxygen atoms in total. The van der Waals surface area contributed by atoms with E-state index in [1.54, 1.807) is 18.2 Å². The maximum Gasteiger partial charge on any atom is 0.311 e. The molecule has 0 atom stereocenters. The van der Waals surface area contributed by atoms with Gasteiger partial charge in [0.25, 0.3) is 0 Å². The number of hydrogen-bond donors (Lipinski definition) is 2. The van der Waals surface area contributed by atoms with Crippen molar-refractivity contribution in [2.75, 3.05) is 13.1 Å². The van der Waals surface area contributed by atoms with Crippen molar-refractivity contribution >= 4 is 5.97 Å². The average molecular weight is 235 g/mol. The first-order valence-corrected chi connectivity index (χ1v) is 5.94. The highest BCUT2D eigenvalue weighted by molar-refractivity contribution is 5.72. The number of carbonyl (C=O) groups excluding carboxylic acids is 1. The molecule has 2 N–H and O–H groups in total. The van der Waals surface area contributed by atoms with E-state index in [1.165, 1.54) is 6.07 Å². The van der Waals surface area contributed by atoms with Crippen molar-refractivity contribution in [1.82, 2.24) is 5.32 Å². The van der Waals surface area contributed by atoms with Gasteiger partial charge in [0.05, 0.1) is 0 Å². The van der Waals surface area contributed by atoms with Crippen molar-refractivity contribution in [3.8, 4) is 11.5 Å². The highest BCUT2D eigenvalue weighted by Gasteiger charge is 2.18. The molecule has 1 aromatic carbocycles. The van der Waals surface area contributed by atoms with Crippen molar-refractivity contribution in [2.45, 2.75) is 19.3 Å². The van der Waals surface area contributed by atoms with E-state index in [0.717, 1.165) is 25.9 Å². The minimum Gasteiger partial charge on any atom is -0.508 e. The van der Waals surface area contributed by atoms with E-state index in [4.69, 9.17) is 4.74 Å². The number of benzene rings is 1. The molecule has 2 rings (SSSR count). The van der Waals surface area contributed by atoms with Gasteiger partial charge >= 0.3 is 5.97 Å². The Labute approximate surface area is 101 Å². The quantitative estimate of drug-likeness (QED) is 0.618. The summed E-state index contributed by atoms with van der Waals surface area (Å²) in [4.78, 5) is 11.7. The fourth-order valence-corrected chi connectivity index (χ4v) is 2.04. The summed E-state index contributed by atoms with van der Waals surface area (Å²) in [6.07, 6.45) is 2.50. The highest BCUT2D eigenvalue weighted by atomic mass is 16.5. The molecule has 0 saturated carbocycles. The van der Waals surface area contributed by atoms with Gasteiger partial charge in [0.15, 0.2) is 0 Å². The van der Waals surface area contributed by atoms with Crippen LogP contribution in [0.2, 0.25) is 0 Å². The zero-order valence-corrected chi connectivity index (χ0v) is 9.69. The Morgan fingerprint density at radius 1 is 1.41 bits per heavy atom. The van der Waals surface area contributed by atoms with Gasteiger partial charge in [-0.25, -0.2) is 0 Å². The summed E-state index contributed by atoms with van der Waals surface area (Å²) >= 11 is 0. The monoisotopic (exact) mass is 235 g/mol. The number of carbonyl (C=O) groups is 1. The number of aromatic hydroxyl groups is 1. The molecule has 1 aliphatic rings. The van der Waals surface area contributed by atoms with Gasteiger partial charge in [-0.1, -0.05) is 6.07 Å². The SMILES string of the molecule is O=C(CC1CCNCC1)Oc1cccc(O)c1. The minimum atomic E-state index is -0.220. The molecule has 92 valence electrons. The molecule has 1 fully saturated rings. The zero-order chi connectivity index (χ0) is 12.1. The number of esters is 1. The molecule has 0 radical (unpaired) electrons. The summed E-state index contributed by atoms with van der Waals surface area (Å²) in [6, 6.07) is 6.31. The maximum absolute atomic E-state index is 11.7. The van der Waals surface area contributed by atoms with E-state index >= 15 is 0 Å². The largest absolute Gasteiger partial charge is 0.508 e. The van der Waals surface area contributed by atoms with E-state index in [9.17, 15) is 9.90 Å². The molecular formula is C13H17NO3. The first-order chi connectivity index (χ1) is 8.24. The van der Waals surface area contributed by atoms with Gasteiger partial charge in [-0.2, -0.15) is 0 Å². The number of rotatable bonds is 3. The normalized spacial score (nSPS) is 16.7. The van der Waals surface area contributed by atoms with E-state index in [-0.39, 0.29) is 11.7 Å². The summed E-state index contributed by atoms with van der Waals surface area (Å²) in [5.41, 5.74) is 0. The summed E-state index contributed by atoms with van der Waals surface area (Å²) in [6.45, 7) is 1.95. The molecule has 0 unspecified atom stereocenters. The van der Waals surface area contributed by atoms with Gasteiger partial charge in [0, 0.05) is 12.5 Å². The van der Waals surface area contributed by atoms with Gasteiger partial charge < -0.3 is 15.2 Å². The van der Waals surface area contributed by atoms with E-state index < -0.39 is 0 Å². The summed E-state index contributed by atoms with van der Waals surface area (Å²) in [7, 11) is 0. The van der Waals surface area contributed by atoms with Crippen LogP contribution in [0.25, 0.3) is 0 Å². The van der Waals surface area contributed by atoms with Crippen LogP contribution in [0.1, 0.15) is 19.3 Å². The van der Waals surface area contributed by atoms with Crippen LogP contribution in [0.3, 0.4) is 0 Å². The second-order valence-corrected chi connectivity index (χ2v) is 4.37. The Morgan fingerprint density at radius 2 is 2.18 bits per heavy atom. The molecule has 0 spiro atoms. The van der Waals surface area contributed by atoms with Crippen molar-refractivity contribution in [3.63, 3.8) is 0 Å². The van der Waals surface area contributed by atoms with Crippen molar-refractivity contribution in [3.05, 3.63) is 24.3 Å². The summed E-state index contributed by atoms with van der Waals surface area (Å²) in [5, 5.41) is 12.5. The molecular weight excluding hydrogens is 218 g/mol. The topological polar surface area (TPSA) is 58.6 Å². The van der Waals surface area contributed by atoms with Gasteiger partial charge in [0.1, 0.15) is 11.5 Å². The number of hydrogen-bond acceptors (Lipinski definition) is 4. The minimum absolute atomic E-state index is 0.108. The second-order valence-electron chi connectivity index (χ2n) is 4.37. The third-order valence-electron chi connectivity index (χ3n) is 2.96. The molecule has 0 aromatic heterocycles. The third-order valence-corrected chi connectivity index (χ3v) is 2.96. The standard InChI is InChI=1S/C13H17NO3/c15-11-2-1-3-12(9-11)17-13(16)8-10-4-6-14-7-5-10/h1-3,9-10,14-15H,4-8H2. The second kappa shape index (κ2) is 5.68. The summed E-state index contributed by atoms with van der Waals surface area (Å²) < 4.78 is 5.18. The lowest BCUT2D eigenvalue weighted by atomic mass is 9.95. The molecule has 0 amide bonds. The molecule has 0 bridgehead atoms. The molecule has 1 saturated heterocycles. The lowest BCUT2D eigenvalue weighted by molar-refractivity contribution is -0.135. The van der Waals surface area contributed by atoms with Crippen LogP contribution in [-0.2, 0) is 4.79 Å². The molecule has 17 heavy (non-hydrogen) atoms. The molecule has 1 aromatic rings. The predicted octanol–water partition coefficient (Wildman–Crippen LogP) is 1.69. The average Bonchev–Trinajstić information content (AvgIpc) is 2.30. The van der Waals surface area contributed by atoms with Gasteiger partial charge in [0.2, 0.25) is 0 Å². The lowest BCUT2D eigenvalue weighted by Gasteiger charge is -2.21. The summed E-state index contributed by atoms with van der Waals surface area (Å²) in [5.74, 6) is 0.713. The van der Waals surface area contributed by atoms with Gasteiger partial charge in [-0.3, -0.25) is 4.79 Å². The Bertz CT molecular complexity index is 386.